The van der Waals surface area contributed by atoms with E-state index in [-0.39, 0.29) is 18.9 Å². The highest BCUT2D eigenvalue weighted by Gasteiger charge is 2.20. The second-order valence-corrected chi connectivity index (χ2v) is 3.87. The highest BCUT2D eigenvalue weighted by Crippen LogP contribution is 1.97. The summed E-state index contributed by atoms with van der Waals surface area (Å²) in [5, 5.41) is 13.6. The van der Waals surface area contributed by atoms with E-state index in [0.29, 0.717) is 6.61 Å². The number of methoxy groups -OCH3 is 1. The fraction of sp³-hybridized carbons (Fsp3) is 0.700. The van der Waals surface area contributed by atoms with Crippen LogP contribution >= 0.6 is 0 Å². The molecular weight excluding hydrogens is 242 g/mol. The normalized spacial score (nSPS) is 13.4. The second-order valence-electron chi connectivity index (χ2n) is 3.87. The van der Waals surface area contributed by atoms with Gasteiger partial charge in [-0.15, -0.1) is 0 Å². The molecule has 0 aliphatic rings. The number of primary amides is 1. The Hall–Kier alpha value is -1.83. The maximum atomic E-state index is 11.4. The van der Waals surface area contributed by atoms with Crippen LogP contribution in [0.1, 0.15) is 19.8 Å². The Kier molecular flexibility index (Phi) is 7.45. The molecule has 2 unspecified atom stereocenters. The Balaban J connectivity index is 4.19. The maximum absolute atomic E-state index is 11.4. The number of aliphatic carboxylic acids is 1. The lowest BCUT2D eigenvalue weighted by Crippen LogP contribution is -2.49. The number of carboxylic acid groups (broad SMARTS) is 1. The van der Waals surface area contributed by atoms with Gasteiger partial charge < -0.3 is 26.2 Å². The van der Waals surface area contributed by atoms with E-state index in [1.165, 1.54) is 7.11 Å². The summed E-state index contributed by atoms with van der Waals surface area (Å²) < 4.78 is 4.82. The van der Waals surface area contributed by atoms with E-state index in [0.717, 1.165) is 0 Å². The van der Waals surface area contributed by atoms with E-state index in [1.807, 2.05) is 0 Å². The molecule has 0 aromatic rings. The Bertz CT molecular complexity index is 308. The van der Waals surface area contributed by atoms with Gasteiger partial charge in [0.1, 0.15) is 6.04 Å². The van der Waals surface area contributed by atoms with Gasteiger partial charge in [0.15, 0.2) is 0 Å². The number of ether oxygens (including phenoxy) is 1. The first-order valence-electron chi connectivity index (χ1n) is 5.44. The van der Waals surface area contributed by atoms with Crippen molar-refractivity contribution in [2.45, 2.75) is 31.8 Å². The van der Waals surface area contributed by atoms with Crippen LogP contribution in [-0.4, -0.2) is 48.8 Å². The zero-order valence-electron chi connectivity index (χ0n) is 10.4. The molecule has 2 atom stereocenters. The highest BCUT2D eigenvalue weighted by molar-refractivity contribution is 5.83. The zero-order chi connectivity index (χ0) is 14.1. The molecule has 0 bridgehead atoms. The first-order chi connectivity index (χ1) is 8.36. The van der Waals surface area contributed by atoms with Crippen molar-refractivity contribution in [3.63, 3.8) is 0 Å². The Morgan fingerprint density at radius 3 is 2.39 bits per heavy atom. The molecule has 0 heterocycles. The van der Waals surface area contributed by atoms with Crippen LogP contribution in [0.15, 0.2) is 0 Å². The fourth-order valence-corrected chi connectivity index (χ4v) is 1.26. The highest BCUT2D eigenvalue weighted by atomic mass is 16.5. The van der Waals surface area contributed by atoms with E-state index < -0.39 is 23.9 Å². The number of hydrogen-bond donors (Lipinski definition) is 4. The summed E-state index contributed by atoms with van der Waals surface area (Å²) >= 11 is 0. The van der Waals surface area contributed by atoms with Crippen LogP contribution in [0.25, 0.3) is 0 Å². The molecule has 0 aromatic heterocycles. The van der Waals surface area contributed by atoms with Gasteiger partial charge in [0, 0.05) is 13.5 Å². The molecule has 0 fully saturated rings. The number of nitrogens with two attached hydrogens (primary N) is 1. The van der Waals surface area contributed by atoms with Crippen molar-refractivity contribution in [1.82, 2.24) is 10.6 Å². The molecule has 3 amide bonds. The molecule has 0 spiro atoms. The monoisotopic (exact) mass is 261 g/mol. The summed E-state index contributed by atoms with van der Waals surface area (Å²) in [7, 11) is 1.49. The van der Waals surface area contributed by atoms with Crippen molar-refractivity contribution in [2.75, 3.05) is 13.7 Å². The summed E-state index contributed by atoms with van der Waals surface area (Å²) in [6, 6.07) is -2.02. The summed E-state index contributed by atoms with van der Waals surface area (Å²) in [5.41, 5.74) is 4.92. The number of carbonyl (C=O) groups excluding carboxylic acids is 2. The lowest BCUT2D eigenvalue weighted by Gasteiger charge is -2.17. The maximum Gasteiger partial charge on any atom is 0.326 e. The number of amides is 3. The average Bonchev–Trinajstić information content (AvgIpc) is 2.23. The van der Waals surface area contributed by atoms with Gasteiger partial charge in [-0.3, -0.25) is 4.79 Å². The SMILES string of the molecule is COCC(C)NC(=O)NC(CCC(N)=O)C(=O)O. The predicted octanol–water partition coefficient (Wildman–Crippen LogP) is -0.961. The molecule has 8 heteroatoms. The third-order valence-electron chi connectivity index (χ3n) is 2.08. The van der Waals surface area contributed by atoms with Crippen LogP contribution in [0.5, 0.6) is 0 Å². The third kappa shape index (κ3) is 7.44. The van der Waals surface area contributed by atoms with E-state index in [1.54, 1.807) is 6.92 Å². The molecule has 0 aromatic carbocycles. The van der Waals surface area contributed by atoms with E-state index in [4.69, 9.17) is 15.6 Å². The molecule has 18 heavy (non-hydrogen) atoms. The molecule has 0 saturated carbocycles. The molecule has 0 aliphatic heterocycles. The topological polar surface area (TPSA) is 131 Å². The Morgan fingerprint density at radius 2 is 1.94 bits per heavy atom. The van der Waals surface area contributed by atoms with Crippen molar-refractivity contribution in [2.24, 2.45) is 5.73 Å². The quantitative estimate of drug-likeness (QED) is 0.447. The van der Waals surface area contributed by atoms with Crippen molar-refractivity contribution < 1.29 is 24.2 Å². The standard InChI is InChI=1S/C10H19N3O5/c1-6(5-18-2)12-10(17)13-7(9(15)16)3-4-8(11)14/h6-7H,3-5H2,1-2H3,(H2,11,14)(H,15,16)(H2,12,13,17). The fourth-order valence-electron chi connectivity index (χ4n) is 1.26. The van der Waals surface area contributed by atoms with Crippen LogP contribution in [0.3, 0.4) is 0 Å². The minimum atomic E-state index is -1.22. The summed E-state index contributed by atoms with van der Waals surface area (Å²) in [6.45, 7) is 2.02. The van der Waals surface area contributed by atoms with Gasteiger partial charge in [-0.05, 0) is 13.3 Å². The molecule has 0 radical (unpaired) electrons. The largest absolute Gasteiger partial charge is 0.480 e. The zero-order valence-corrected chi connectivity index (χ0v) is 10.4. The van der Waals surface area contributed by atoms with Gasteiger partial charge in [0.05, 0.1) is 12.6 Å². The van der Waals surface area contributed by atoms with Gasteiger partial charge in [-0.1, -0.05) is 0 Å². The van der Waals surface area contributed by atoms with Gasteiger partial charge in [0.25, 0.3) is 0 Å². The van der Waals surface area contributed by atoms with Gasteiger partial charge in [-0.25, -0.2) is 9.59 Å². The number of hydrogen-bond acceptors (Lipinski definition) is 4. The smallest absolute Gasteiger partial charge is 0.326 e. The summed E-state index contributed by atoms with van der Waals surface area (Å²) in [4.78, 5) is 32.8. The number of carbonyl (C=O) groups is 3. The van der Waals surface area contributed by atoms with Crippen molar-refractivity contribution in [3.05, 3.63) is 0 Å². The molecular formula is C10H19N3O5. The molecule has 104 valence electrons. The predicted molar refractivity (Wildman–Crippen MR) is 62.9 cm³/mol. The number of rotatable bonds is 8. The number of nitrogens with one attached hydrogen (secondary N) is 2. The molecule has 8 nitrogen and oxygen atoms in total. The Labute approximate surface area is 105 Å². The first kappa shape index (κ1) is 16.2. The number of carboxylic acids is 1. The van der Waals surface area contributed by atoms with Crippen LogP contribution in [-0.2, 0) is 14.3 Å². The first-order valence-corrected chi connectivity index (χ1v) is 5.44. The van der Waals surface area contributed by atoms with Crippen molar-refractivity contribution in [1.29, 1.82) is 0 Å². The van der Waals surface area contributed by atoms with Gasteiger partial charge in [0.2, 0.25) is 5.91 Å². The summed E-state index contributed by atoms with van der Waals surface area (Å²) in [6.07, 6.45) is -0.151. The minimum Gasteiger partial charge on any atom is -0.480 e. The van der Waals surface area contributed by atoms with Crippen LogP contribution in [0.4, 0.5) is 4.79 Å². The van der Waals surface area contributed by atoms with E-state index >= 15 is 0 Å². The molecule has 0 aliphatic carbocycles. The lowest BCUT2D eigenvalue weighted by molar-refractivity contribution is -0.139. The molecule has 5 N–H and O–H groups in total. The van der Waals surface area contributed by atoms with Gasteiger partial charge in [-0.2, -0.15) is 0 Å². The average molecular weight is 261 g/mol. The lowest BCUT2D eigenvalue weighted by atomic mass is 10.1. The third-order valence-corrected chi connectivity index (χ3v) is 2.08. The van der Waals surface area contributed by atoms with Crippen molar-refractivity contribution >= 4 is 17.9 Å². The van der Waals surface area contributed by atoms with Crippen LogP contribution in [0, 0.1) is 0 Å². The number of urea groups is 1. The van der Waals surface area contributed by atoms with Gasteiger partial charge >= 0.3 is 12.0 Å². The second kappa shape index (κ2) is 8.29. The van der Waals surface area contributed by atoms with Crippen LogP contribution in [0.2, 0.25) is 0 Å². The van der Waals surface area contributed by atoms with E-state index in [9.17, 15) is 14.4 Å². The summed E-state index contributed by atoms with van der Waals surface area (Å²) in [5.74, 6) is -1.83. The Morgan fingerprint density at radius 1 is 1.33 bits per heavy atom. The van der Waals surface area contributed by atoms with Crippen molar-refractivity contribution in [3.8, 4) is 0 Å². The molecule has 0 saturated heterocycles. The minimum absolute atomic E-state index is 0.0449. The van der Waals surface area contributed by atoms with E-state index in [2.05, 4.69) is 10.6 Å². The van der Waals surface area contributed by atoms with Crippen LogP contribution < -0.4 is 16.4 Å². The molecule has 0 rings (SSSR count).